The van der Waals surface area contributed by atoms with Gasteiger partial charge in [-0.3, -0.25) is 4.79 Å². The summed E-state index contributed by atoms with van der Waals surface area (Å²) < 4.78 is 7.12. The number of para-hydroxylation sites is 1. The van der Waals surface area contributed by atoms with Gasteiger partial charge in [0.1, 0.15) is 5.60 Å². The maximum atomic E-state index is 12.7. The van der Waals surface area contributed by atoms with Crippen molar-refractivity contribution in [2.75, 3.05) is 12.4 Å². The van der Waals surface area contributed by atoms with Crippen LogP contribution < -0.4 is 5.32 Å². The number of carbonyl (C=O) groups is 2. The first-order valence-electron chi connectivity index (χ1n) is 10.1. The molecule has 162 valence electrons. The summed E-state index contributed by atoms with van der Waals surface area (Å²) in [5, 5.41) is 7.32. The number of aromatic nitrogens is 2. The number of hydrogen-bond donors (Lipinski definition) is 1. The first-order valence-corrected chi connectivity index (χ1v) is 10.1. The molecule has 0 saturated carbocycles. The summed E-state index contributed by atoms with van der Waals surface area (Å²) in [5.41, 5.74) is 3.04. The number of ether oxygens (including phenoxy) is 1. The molecule has 0 aliphatic rings. The Balaban J connectivity index is 1.68. The van der Waals surface area contributed by atoms with Crippen LogP contribution >= 0.6 is 0 Å². The number of carbonyl (C=O) groups excluding carboxylic acids is 2. The van der Waals surface area contributed by atoms with Gasteiger partial charge in [0.05, 0.1) is 5.69 Å². The van der Waals surface area contributed by atoms with Crippen molar-refractivity contribution in [3.8, 4) is 5.69 Å². The molecule has 0 fully saturated rings. The Kier molecular flexibility index (Phi) is 6.44. The van der Waals surface area contributed by atoms with E-state index in [1.165, 1.54) is 4.90 Å². The minimum absolute atomic E-state index is 0.296. The Bertz CT molecular complexity index is 1070. The lowest BCUT2D eigenvalue weighted by Gasteiger charge is -2.24. The third-order valence-corrected chi connectivity index (χ3v) is 4.43. The van der Waals surface area contributed by atoms with E-state index in [9.17, 15) is 9.59 Å². The molecular weight excluding hydrogens is 392 g/mol. The van der Waals surface area contributed by atoms with Gasteiger partial charge in [-0.2, -0.15) is 5.10 Å². The molecule has 1 aromatic heterocycles. The van der Waals surface area contributed by atoms with Crippen LogP contribution in [0, 0.1) is 6.92 Å². The highest BCUT2D eigenvalue weighted by molar-refractivity contribution is 6.03. The molecule has 0 aliphatic heterocycles. The van der Waals surface area contributed by atoms with Crippen molar-refractivity contribution in [1.82, 2.24) is 14.7 Å². The number of hydrogen-bond acceptors (Lipinski definition) is 4. The summed E-state index contributed by atoms with van der Waals surface area (Å²) in [6.07, 6.45) is -0.399. The summed E-state index contributed by atoms with van der Waals surface area (Å²) in [5.74, 6) is -0.296. The zero-order valence-electron chi connectivity index (χ0n) is 18.5. The third kappa shape index (κ3) is 5.94. The van der Waals surface area contributed by atoms with Gasteiger partial charge in [-0.15, -0.1) is 0 Å². The van der Waals surface area contributed by atoms with Crippen LogP contribution in [0.4, 0.5) is 10.5 Å². The molecule has 0 spiro atoms. The highest BCUT2D eigenvalue weighted by Gasteiger charge is 2.20. The molecule has 0 radical (unpaired) electrons. The van der Waals surface area contributed by atoms with Gasteiger partial charge in [0, 0.05) is 25.0 Å². The number of anilines is 1. The average Bonchev–Trinajstić information content (AvgIpc) is 3.09. The summed E-state index contributed by atoms with van der Waals surface area (Å²) in [6.45, 7) is 7.76. The minimum atomic E-state index is -0.553. The van der Waals surface area contributed by atoms with Crippen molar-refractivity contribution in [3.05, 3.63) is 77.6 Å². The lowest BCUT2D eigenvalue weighted by Crippen LogP contribution is -2.33. The second-order valence-electron chi connectivity index (χ2n) is 8.41. The smallest absolute Gasteiger partial charge is 0.410 e. The van der Waals surface area contributed by atoms with Gasteiger partial charge in [-0.1, -0.05) is 30.3 Å². The molecule has 7 heteroatoms. The molecule has 3 rings (SSSR count). The van der Waals surface area contributed by atoms with Crippen molar-refractivity contribution in [3.63, 3.8) is 0 Å². The molecule has 2 aromatic carbocycles. The number of aryl methyl sites for hydroxylation is 1. The fourth-order valence-electron chi connectivity index (χ4n) is 3.04. The molecule has 7 nitrogen and oxygen atoms in total. The largest absolute Gasteiger partial charge is 0.444 e. The van der Waals surface area contributed by atoms with E-state index >= 15 is 0 Å². The second kappa shape index (κ2) is 9.04. The van der Waals surface area contributed by atoms with Crippen LogP contribution in [0.25, 0.3) is 5.69 Å². The zero-order valence-corrected chi connectivity index (χ0v) is 18.5. The molecule has 3 aromatic rings. The van der Waals surface area contributed by atoms with E-state index in [2.05, 4.69) is 10.4 Å². The zero-order chi connectivity index (χ0) is 22.6. The van der Waals surface area contributed by atoms with E-state index in [1.54, 1.807) is 23.9 Å². The van der Waals surface area contributed by atoms with Crippen LogP contribution in [0.2, 0.25) is 0 Å². The molecule has 0 aliphatic carbocycles. The molecule has 1 heterocycles. The van der Waals surface area contributed by atoms with Crippen molar-refractivity contribution >= 4 is 17.7 Å². The van der Waals surface area contributed by atoms with Crippen molar-refractivity contribution in [2.24, 2.45) is 0 Å². The summed E-state index contributed by atoms with van der Waals surface area (Å²) in [7, 11) is 1.68. The Morgan fingerprint density at radius 3 is 2.45 bits per heavy atom. The van der Waals surface area contributed by atoms with Crippen LogP contribution in [0.5, 0.6) is 0 Å². The van der Waals surface area contributed by atoms with E-state index in [1.807, 2.05) is 76.2 Å². The maximum Gasteiger partial charge on any atom is 0.410 e. The molecule has 0 atom stereocenters. The second-order valence-corrected chi connectivity index (χ2v) is 8.41. The van der Waals surface area contributed by atoms with Crippen molar-refractivity contribution in [2.45, 2.75) is 39.8 Å². The van der Waals surface area contributed by atoms with E-state index in [4.69, 9.17) is 4.74 Å². The number of nitrogens with one attached hydrogen (secondary N) is 1. The molecule has 1 N–H and O–H groups in total. The van der Waals surface area contributed by atoms with Crippen LogP contribution in [0.3, 0.4) is 0 Å². The number of rotatable bonds is 5. The predicted molar refractivity (Wildman–Crippen MR) is 120 cm³/mol. The number of benzene rings is 2. The third-order valence-electron chi connectivity index (χ3n) is 4.43. The quantitative estimate of drug-likeness (QED) is 0.643. The summed E-state index contributed by atoms with van der Waals surface area (Å²) in [4.78, 5) is 26.4. The lowest BCUT2D eigenvalue weighted by atomic mass is 10.2. The number of amides is 2. The Morgan fingerprint density at radius 1 is 1.06 bits per heavy atom. The highest BCUT2D eigenvalue weighted by atomic mass is 16.6. The highest BCUT2D eigenvalue weighted by Crippen LogP contribution is 2.17. The Labute approximate surface area is 182 Å². The van der Waals surface area contributed by atoms with Gasteiger partial charge in [0.15, 0.2) is 5.69 Å². The SMILES string of the molecule is Cc1cc(C(=O)Nc2cccc(CN(C)C(=O)OC(C)(C)C)c2)nn1-c1ccccc1. The van der Waals surface area contributed by atoms with Crippen molar-refractivity contribution in [1.29, 1.82) is 0 Å². The van der Waals surface area contributed by atoms with Gasteiger partial charge in [0.25, 0.3) is 5.91 Å². The van der Waals surface area contributed by atoms with Gasteiger partial charge in [-0.25, -0.2) is 9.48 Å². The topological polar surface area (TPSA) is 76.5 Å². The van der Waals surface area contributed by atoms with Gasteiger partial charge in [-0.05, 0) is 63.6 Å². The van der Waals surface area contributed by atoms with Gasteiger partial charge in [0.2, 0.25) is 0 Å². The molecule has 31 heavy (non-hydrogen) atoms. The number of nitrogens with zero attached hydrogens (tertiary/aromatic N) is 3. The monoisotopic (exact) mass is 420 g/mol. The normalized spacial score (nSPS) is 11.1. The summed E-state index contributed by atoms with van der Waals surface area (Å²) in [6, 6.07) is 18.8. The molecule has 0 bridgehead atoms. The van der Waals surface area contributed by atoms with E-state index in [-0.39, 0.29) is 5.91 Å². The predicted octanol–water partition coefficient (Wildman–Crippen LogP) is 4.80. The van der Waals surface area contributed by atoms with Crippen LogP contribution in [0.15, 0.2) is 60.7 Å². The fraction of sp³-hybridized carbons (Fsp3) is 0.292. The molecule has 2 amide bonds. The van der Waals surface area contributed by atoms with Gasteiger partial charge >= 0.3 is 6.09 Å². The maximum absolute atomic E-state index is 12.7. The molecule has 0 unspecified atom stereocenters. The molecular formula is C24H28N4O3. The average molecular weight is 421 g/mol. The fourth-order valence-corrected chi connectivity index (χ4v) is 3.04. The Hall–Kier alpha value is -3.61. The Morgan fingerprint density at radius 2 is 1.77 bits per heavy atom. The molecule has 0 saturated heterocycles. The first-order chi connectivity index (χ1) is 14.6. The summed E-state index contributed by atoms with van der Waals surface area (Å²) >= 11 is 0. The van der Waals surface area contributed by atoms with E-state index in [0.717, 1.165) is 16.9 Å². The lowest BCUT2D eigenvalue weighted by molar-refractivity contribution is 0.0285. The van der Waals surface area contributed by atoms with Crippen LogP contribution in [0.1, 0.15) is 42.5 Å². The van der Waals surface area contributed by atoms with E-state index in [0.29, 0.717) is 17.9 Å². The standard InChI is InChI=1S/C24H28N4O3/c1-17-14-21(26-28(17)20-12-7-6-8-13-20)22(29)25-19-11-9-10-18(15-19)16-27(5)23(30)31-24(2,3)4/h6-15H,16H2,1-5H3,(H,25,29). The van der Waals surface area contributed by atoms with E-state index < -0.39 is 11.7 Å². The van der Waals surface area contributed by atoms with Crippen LogP contribution in [-0.2, 0) is 11.3 Å². The van der Waals surface area contributed by atoms with Crippen LogP contribution in [-0.4, -0.2) is 39.3 Å². The minimum Gasteiger partial charge on any atom is -0.444 e. The van der Waals surface area contributed by atoms with Crippen molar-refractivity contribution < 1.29 is 14.3 Å². The van der Waals surface area contributed by atoms with Gasteiger partial charge < -0.3 is 15.0 Å². The first kappa shape index (κ1) is 22.1.